The average molecular weight is 355 g/mol. The highest BCUT2D eigenvalue weighted by molar-refractivity contribution is 7.99. The Balaban J connectivity index is 1.99. The molecular weight excluding hydrogens is 324 g/mol. The molecule has 0 aromatic heterocycles. The molecule has 2 aromatic rings. The molecule has 2 rings (SSSR count). The van der Waals surface area contributed by atoms with Gasteiger partial charge >= 0.3 is 0 Å². The van der Waals surface area contributed by atoms with E-state index in [1.165, 1.54) is 22.3 Å². The summed E-state index contributed by atoms with van der Waals surface area (Å²) < 4.78 is 0. The van der Waals surface area contributed by atoms with Crippen LogP contribution >= 0.6 is 11.8 Å². The van der Waals surface area contributed by atoms with Crippen LogP contribution in [0.25, 0.3) is 0 Å². The van der Waals surface area contributed by atoms with E-state index in [1.54, 1.807) is 0 Å². The first kappa shape index (κ1) is 19.8. The summed E-state index contributed by atoms with van der Waals surface area (Å²) in [6.07, 6.45) is 7.42. The molecule has 0 spiro atoms. The molecule has 0 saturated carbocycles. The van der Waals surface area contributed by atoms with Gasteiger partial charge in [0.2, 0.25) is 0 Å². The molecule has 134 valence electrons. The molecule has 0 N–H and O–H groups in total. The summed E-state index contributed by atoms with van der Waals surface area (Å²) in [5.41, 5.74) is 2.59. The molecule has 1 atom stereocenters. The van der Waals surface area contributed by atoms with Crippen LogP contribution in [0.3, 0.4) is 0 Å². The number of benzene rings is 2. The second kappa shape index (κ2) is 10.5. The third kappa shape index (κ3) is 6.04. The highest BCUT2D eigenvalue weighted by atomic mass is 32.2. The van der Waals surface area contributed by atoms with Crippen LogP contribution in [0.15, 0.2) is 59.5 Å². The summed E-state index contributed by atoms with van der Waals surface area (Å²) in [4.78, 5) is 13.1. The summed E-state index contributed by atoms with van der Waals surface area (Å²) in [6, 6.07) is 19.3. The van der Waals surface area contributed by atoms with Crippen LogP contribution < -0.4 is 0 Å². The normalized spacial score (nSPS) is 13.4. The number of carbonyl (C=O) groups is 1. The van der Waals surface area contributed by atoms with E-state index in [4.69, 9.17) is 0 Å². The molecule has 0 aliphatic rings. The van der Waals surface area contributed by atoms with Gasteiger partial charge in [0, 0.05) is 10.3 Å². The third-order valence-electron chi connectivity index (χ3n) is 5.05. The lowest BCUT2D eigenvalue weighted by Gasteiger charge is -2.26. The van der Waals surface area contributed by atoms with Crippen LogP contribution in [-0.2, 0) is 11.2 Å². The van der Waals surface area contributed by atoms with Crippen molar-refractivity contribution in [3.05, 3.63) is 65.7 Å². The molecule has 0 amide bonds. The summed E-state index contributed by atoms with van der Waals surface area (Å²) in [5.74, 6) is 1.00. The molecule has 0 heterocycles. The van der Waals surface area contributed by atoms with Gasteiger partial charge < -0.3 is 4.79 Å². The Kier molecular flexibility index (Phi) is 8.27. The van der Waals surface area contributed by atoms with Gasteiger partial charge in [-0.2, -0.15) is 0 Å². The van der Waals surface area contributed by atoms with Gasteiger partial charge in [0.05, 0.1) is 0 Å². The van der Waals surface area contributed by atoms with Crippen LogP contribution in [0, 0.1) is 5.41 Å². The maximum atomic E-state index is 11.7. The monoisotopic (exact) mass is 354 g/mol. The zero-order valence-electron chi connectivity index (χ0n) is 15.5. The molecule has 0 fully saturated rings. The summed E-state index contributed by atoms with van der Waals surface area (Å²) >= 11 is 1.90. The van der Waals surface area contributed by atoms with E-state index >= 15 is 0 Å². The van der Waals surface area contributed by atoms with E-state index < -0.39 is 0 Å². The Hall–Kier alpha value is -1.54. The molecule has 1 nitrogen and oxygen atoms in total. The topological polar surface area (TPSA) is 17.1 Å². The minimum absolute atomic E-state index is 0.128. The van der Waals surface area contributed by atoms with Crippen molar-refractivity contribution in [2.24, 2.45) is 5.41 Å². The first-order valence-corrected chi connectivity index (χ1v) is 10.4. The summed E-state index contributed by atoms with van der Waals surface area (Å²) in [5, 5.41) is 0. The molecule has 0 radical (unpaired) electrons. The van der Waals surface area contributed by atoms with Crippen molar-refractivity contribution in [2.75, 3.05) is 5.75 Å². The Morgan fingerprint density at radius 3 is 2.36 bits per heavy atom. The maximum Gasteiger partial charge on any atom is 0.126 e. The van der Waals surface area contributed by atoms with Crippen molar-refractivity contribution in [3.8, 4) is 0 Å². The van der Waals surface area contributed by atoms with Crippen LogP contribution in [0.2, 0.25) is 0 Å². The van der Waals surface area contributed by atoms with Crippen molar-refractivity contribution in [1.82, 2.24) is 0 Å². The SMILES string of the molecule is CCCCC(C=O)(CC)CCSc1ccccc1Cc1ccccc1. The zero-order chi connectivity index (χ0) is 18.0. The standard InChI is InChI=1S/C23H30OS/c1-3-5-15-23(4-2,19-24)16-17-25-22-14-10-9-13-21(22)18-20-11-7-6-8-12-20/h6-14,19H,3-5,15-18H2,1-2H3. The lowest BCUT2D eigenvalue weighted by atomic mass is 9.79. The van der Waals surface area contributed by atoms with Crippen LogP contribution in [0.5, 0.6) is 0 Å². The molecule has 2 heteroatoms. The highest BCUT2D eigenvalue weighted by Crippen LogP contribution is 2.34. The smallest absolute Gasteiger partial charge is 0.126 e. The minimum Gasteiger partial charge on any atom is -0.303 e. The van der Waals surface area contributed by atoms with Gasteiger partial charge in [0.1, 0.15) is 6.29 Å². The van der Waals surface area contributed by atoms with Gasteiger partial charge in [-0.1, -0.05) is 75.2 Å². The van der Waals surface area contributed by atoms with Crippen molar-refractivity contribution in [3.63, 3.8) is 0 Å². The lowest BCUT2D eigenvalue weighted by Crippen LogP contribution is -2.22. The van der Waals surface area contributed by atoms with Crippen LogP contribution in [0.1, 0.15) is 57.1 Å². The summed E-state index contributed by atoms with van der Waals surface area (Å²) in [6.45, 7) is 4.35. The highest BCUT2D eigenvalue weighted by Gasteiger charge is 2.26. The number of unbranched alkanes of at least 4 members (excludes halogenated alkanes) is 1. The average Bonchev–Trinajstić information content (AvgIpc) is 2.67. The molecule has 25 heavy (non-hydrogen) atoms. The zero-order valence-corrected chi connectivity index (χ0v) is 16.4. The number of carbonyl (C=O) groups excluding carboxylic acids is 1. The maximum absolute atomic E-state index is 11.7. The fourth-order valence-electron chi connectivity index (χ4n) is 3.18. The number of rotatable bonds is 11. The van der Waals surface area contributed by atoms with Gasteiger partial charge in [-0.3, -0.25) is 0 Å². The summed E-state index contributed by atoms with van der Waals surface area (Å²) in [7, 11) is 0. The van der Waals surface area contributed by atoms with E-state index in [0.29, 0.717) is 0 Å². The fraction of sp³-hybridized carbons (Fsp3) is 0.435. The molecule has 2 aromatic carbocycles. The predicted molar refractivity (Wildman–Crippen MR) is 109 cm³/mol. The Morgan fingerprint density at radius 1 is 0.960 bits per heavy atom. The molecule has 0 bridgehead atoms. The minimum atomic E-state index is -0.128. The number of thioether (sulfide) groups is 1. The fourth-order valence-corrected chi connectivity index (χ4v) is 4.41. The third-order valence-corrected chi connectivity index (χ3v) is 6.17. The lowest BCUT2D eigenvalue weighted by molar-refractivity contribution is -0.117. The largest absolute Gasteiger partial charge is 0.303 e. The van der Waals surface area contributed by atoms with E-state index in [2.05, 4.69) is 68.4 Å². The molecular formula is C23H30OS. The van der Waals surface area contributed by atoms with Gasteiger partial charge in [0.25, 0.3) is 0 Å². The quantitative estimate of drug-likeness (QED) is 0.336. The number of hydrogen-bond donors (Lipinski definition) is 0. The molecule has 1 unspecified atom stereocenters. The van der Waals surface area contributed by atoms with Gasteiger partial charge in [-0.15, -0.1) is 11.8 Å². The second-order valence-electron chi connectivity index (χ2n) is 6.81. The molecule has 0 aliphatic carbocycles. The van der Waals surface area contributed by atoms with Crippen LogP contribution in [-0.4, -0.2) is 12.0 Å². The Labute approximate surface area is 157 Å². The van der Waals surface area contributed by atoms with Gasteiger partial charge in [-0.25, -0.2) is 0 Å². The van der Waals surface area contributed by atoms with E-state index in [9.17, 15) is 4.79 Å². The second-order valence-corrected chi connectivity index (χ2v) is 7.94. The van der Waals surface area contributed by atoms with E-state index in [0.717, 1.165) is 44.3 Å². The molecule has 0 saturated heterocycles. The van der Waals surface area contributed by atoms with Crippen molar-refractivity contribution < 1.29 is 4.79 Å². The first-order chi connectivity index (χ1) is 12.2. The Morgan fingerprint density at radius 2 is 1.68 bits per heavy atom. The van der Waals surface area contributed by atoms with Crippen molar-refractivity contribution in [2.45, 2.75) is 57.3 Å². The van der Waals surface area contributed by atoms with Crippen molar-refractivity contribution in [1.29, 1.82) is 0 Å². The predicted octanol–water partition coefficient (Wildman–Crippen LogP) is 6.55. The van der Waals surface area contributed by atoms with Crippen molar-refractivity contribution >= 4 is 18.0 Å². The Bertz CT molecular complexity index is 638. The van der Waals surface area contributed by atoms with Gasteiger partial charge in [-0.05, 0) is 48.6 Å². The van der Waals surface area contributed by atoms with Gasteiger partial charge in [0.15, 0.2) is 0 Å². The number of hydrogen-bond acceptors (Lipinski definition) is 2. The first-order valence-electron chi connectivity index (χ1n) is 9.44. The van der Waals surface area contributed by atoms with Crippen LogP contribution in [0.4, 0.5) is 0 Å². The van der Waals surface area contributed by atoms with E-state index in [1.807, 2.05) is 11.8 Å². The van der Waals surface area contributed by atoms with E-state index in [-0.39, 0.29) is 5.41 Å². The number of aldehydes is 1. The molecule has 0 aliphatic heterocycles.